The molecule has 2 heteroatoms. The Kier molecular flexibility index (Phi) is 16.2. The van der Waals surface area contributed by atoms with Crippen LogP contribution in [-0.4, -0.2) is 12.6 Å². The molecule has 0 saturated heterocycles. The first-order chi connectivity index (χ1) is 10.2. The summed E-state index contributed by atoms with van der Waals surface area (Å²) in [5, 5.41) is 0. The fourth-order valence-corrected chi connectivity index (χ4v) is 2.84. The molecular weight excluding hydrogens is 256 g/mol. The van der Waals surface area contributed by atoms with Gasteiger partial charge in [-0.15, -0.1) is 0 Å². The van der Waals surface area contributed by atoms with Crippen LogP contribution in [0.2, 0.25) is 0 Å². The van der Waals surface area contributed by atoms with Gasteiger partial charge in [-0.05, 0) is 12.3 Å². The summed E-state index contributed by atoms with van der Waals surface area (Å²) in [6, 6.07) is 0.227. The lowest BCUT2D eigenvalue weighted by molar-refractivity contribution is 0.500. The molecule has 1 atom stereocenters. The maximum atomic E-state index is 5.80. The van der Waals surface area contributed by atoms with Gasteiger partial charge in [0.2, 0.25) is 0 Å². The van der Waals surface area contributed by atoms with Crippen molar-refractivity contribution in [3.05, 3.63) is 0 Å². The van der Waals surface area contributed by atoms with Crippen molar-refractivity contribution in [3.8, 4) is 0 Å². The van der Waals surface area contributed by atoms with Gasteiger partial charge in [0.15, 0.2) is 0 Å². The van der Waals surface area contributed by atoms with Gasteiger partial charge >= 0.3 is 0 Å². The summed E-state index contributed by atoms with van der Waals surface area (Å²) in [5.74, 6) is 0.885. The fraction of sp³-hybridized carbons (Fsp3) is 1.00. The molecule has 0 aliphatic rings. The number of rotatable bonds is 16. The van der Waals surface area contributed by atoms with Gasteiger partial charge < -0.3 is 11.5 Å². The summed E-state index contributed by atoms with van der Waals surface area (Å²) in [4.78, 5) is 0. The molecule has 0 aromatic rings. The molecule has 0 bridgehead atoms. The Balaban J connectivity index is 2.99. The zero-order chi connectivity index (χ0) is 15.8. The quantitative estimate of drug-likeness (QED) is 0.375. The molecule has 0 saturated carbocycles. The van der Waals surface area contributed by atoms with Crippen molar-refractivity contribution in [2.24, 2.45) is 17.4 Å². The summed E-state index contributed by atoms with van der Waals surface area (Å²) in [6.45, 7) is 5.29. The molecule has 0 aliphatic carbocycles. The first-order valence-electron chi connectivity index (χ1n) is 9.62. The monoisotopic (exact) mass is 298 g/mol. The van der Waals surface area contributed by atoms with Crippen molar-refractivity contribution in [3.63, 3.8) is 0 Å². The van der Waals surface area contributed by atoms with E-state index < -0.39 is 0 Å². The zero-order valence-corrected chi connectivity index (χ0v) is 14.9. The summed E-state index contributed by atoms with van der Waals surface area (Å²) < 4.78 is 0. The smallest absolute Gasteiger partial charge is 0.0163 e. The Morgan fingerprint density at radius 3 is 1.24 bits per heavy atom. The van der Waals surface area contributed by atoms with Crippen molar-refractivity contribution in [1.29, 1.82) is 0 Å². The van der Waals surface area contributed by atoms with Gasteiger partial charge in [0.25, 0.3) is 0 Å². The van der Waals surface area contributed by atoms with Crippen LogP contribution >= 0.6 is 0 Å². The average Bonchev–Trinajstić information content (AvgIpc) is 2.46. The van der Waals surface area contributed by atoms with E-state index in [2.05, 4.69) is 13.8 Å². The van der Waals surface area contributed by atoms with Gasteiger partial charge in [0.05, 0.1) is 0 Å². The number of hydrogen-bond donors (Lipinski definition) is 2. The topological polar surface area (TPSA) is 52.0 Å². The highest BCUT2D eigenvalue weighted by atomic mass is 14.7. The molecule has 0 aromatic heterocycles. The second kappa shape index (κ2) is 16.3. The van der Waals surface area contributed by atoms with E-state index in [0.29, 0.717) is 6.54 Å². The van der Waals surface area contributed by atoms with Crippen LogP contribution in [0.3, 0.4) is 0 Å². The zero-order valence-electron chi connectivity index (χ0n) is 14.9. The standard InChI is InChI=1S/C19H42N2/c1-18(2)15-13-11-9-7-5-3-4-6-8-10-12-14-16-19(21)17-20/h18-19H,3-17,20-21H2,1-2H3. The SMILES string of the molecule is CC(C)CCCCCCCCCCCCCCC(N)CN. The van der Waals surface area contributed by atoms with Crippen LogP contribution in [0.1, 0.15) is 104 Å². The third kappa shape index (κ3) is 17.9. The van der Waals surface area contributed by atoms with Crippen LogP contribution in [0.4, 0.5) is 0 Å². The highest BCUT2D eigenvalue weighted by Gasteiger charge is 1.99. The van der Waals surface area contributed by atoms with Crippen LogP contribution in [0, 0.1) is 5.92 Å². The van der Waals surface area contributed by atoms with Crippen molar-refractivity contribution in [2.45, 2.75) is 110 Å². The predicted octanol–water partition coefficient (Wildman–Crippen LogP) is 5.39. The average molecular weight is 299 g/mol. The molecule has 0 radical (unpaired) electrons. The van der Waals surface area contributed by atoms with E-state index in [9.17, 15) is 0 Å². The number of nitrogens with two attached hydrogens (primary N) is 2. The second-order valence-electron chi connectivity index (χ2n) is 7.21. The molecule has 2 nitrogen and oxygen atoms in total. The van der Waals surface area contributed by atoms with Crippen molar-refractivity contribution < 1.29 is 0 Å². The van der Waals surface area contributed by atoms with E-state index in [1.165, 1.54) is 83.5 Å². The molecule has 0 aromatic carbocycles. The third-order valence-electron chi connectivity index (χ3n) is 4.41. The Labute approximate surface area is 134 Å². The maximum absolute atomic E-state index is 5.80. The van der Waals surface area contributed by atoms with Gasteiger partial charge in [0, 0.05) is 12.6 Å². The number of hydrogen-bond acceptors (Lipinski definition) is 2. The summed E-state index contributed by atoms with van der Waals surface area (Å²) in [7, 11) is 0. The molecule has 0 amide bonds. The third-order valence-corrected chi connectivity index (χ3v) is 4.41. The van der Waals surface area contributed by atoms with Crippen LogP contribution in [0.5, 0.6) is 0 Å². The Morgan fingerprint density at radius 1 is 0.571 bits per heavy atom. The lowest BCUT2D eigenvalue weighted by Gasteiger charge is -2.07. The van der Waals surface area contributed by atoms with Crippen LogP contribution in [0.25, 0.3) is 0 Å². The highest BCUT2D eigenvalue weighted by molar-refractivity contribution is 4.61. The maximum Gasteiger partial charge on any atom is 0.0163 e. The second-order valence-corrected chi connectivity index (χ2v) is 7.21. The van der Waals surface area contributed by atoms with E-state index in [0.717, 1.165) is 12.3 Å². The first-order valence-corrected chi connectivity index (χ1v) is 9.62. The van der Waals surface area contributed by atoms with Crippen LogP contribution < -0.4 is 11.5 Å². The molecule has 0 rings (SSSR count). The fourth-order valence-electron chi connectivity index (χ4n) is 2.84. The predicted molar refractivity (Wildman–Crippen MR) is 96.5 cm³/mol. The normalized spacial score (nSPS) is 13.0. The van der Waals surface area contributed by atoms with Gasteiger partial charge in [-0.25, -0.2) is 0 Å². The summed E-state index contributed by atoms with van der Waals surface area (Å²) in [5.41, 5.74) is 11.3. The van der Waals surface area contributed by atoms with Crippen molar-refractivity contribution in [2.75, 3.05) is 6.54 Å². The van der Waals surface area contributed by atoms with Crippen molar-refractivity contribution in [1.82, 2.24) is 0 Å². The van der Waals surface area contributed by atoms with E-state index in [1.807, 2.05) is 0 Å². The molecule has 0 fully saturated rings. The van der Waals surface area contributed by atoms with E-state index in [4.69, 9.17) is 11.5 Å². The van der Waals surface area contributed by atoms with E-state index in [-0.39, 0.29) is 6.04 Å². The molecule has 0 aliphatic heterocycles. The number of unbranched alkanes of at least 4 members (excludes halogenated alkanes) is 11. The van der Waals surface area contributed by atoms with Crippen LogP contribution in [0.15, 0.2) is 0 Å². The first kappa shape index (κ1) is 20.9. The largest absolute Gasteiger partial charge is 0.329 e. The summed E-state index contributed by atoms with van der Waals surface area (Å²) in [6.07, 6.45) is 19.5. The molecule has 4 N–H and O–H groups in total. The Bertz CT molecular complexity index is 192. The lowest BCUT2D eigenvalue weighted by atomic mass is 10.0. The lowest BCUT2D eigenvalue weighted by Crippen LogP contribution is -2.29. The molecule has 128 valence electrons. The van der Waals surface area contributed by atoms with Gasteiger partial charge in [-0.1, -0.05) is 97.3 Å². The Morgan fingerprint density at radius 2 is 0.905 bits per heavy atom. The Hall–Kier alpha value is -0.0800. The molecule has 1 unspecified atom stereocenters. The minimum Gasteiger partial charge on any atom is -0.329 e. The molecule has 0 spiro atoms. The summed E-state index contributed by atoms with van der Waals surface area (Å²) >= 11 is 0. The minimum atomic E-state index is 0.227. The van der Waals surface area contributed by atoms with Gasteiger partial charge in [-0.2, -0.15) is 0 Å². The molecule has 0 heterocycles. The molecule has 21 heavy (non-hydrogen) atoms. The van der Waals surface area contributed by atoms with Crippen molar-refractivity contribution >= 4 is 0 Å². The van der Waals surface area contributed by atoms with Crippen LogP contribution in [-0.2, 0) is 0 Å². The highest BCUT2D eigenvalue weighted by Crippen LogP contribution is 2.14. The van der Waals surface area contributed by atoms with Gasteiger partial charge in [0.1, 0.15) is 0 Å². The van der Waals surface area contributed by atoms with E-state index in [1.54, 1.807) is 0 Å². The minimum absolute atomic E-state index is 0.227. The van der Waals surface area contributed by atoms with Gasteiger partial charge in [-0.3, -0.25) is 0 Å². The van der Waals surface area contributed by atoms with E-state index >= 15 is 0 Å². The molecular formula is C19H42N2.